The molecule has 20 heavy (non-hydrogen) atoms. The van der Waals surface area contributed by atoms with E-state index in [9.17, 15) is 13.2 Å². The Hall–Kier alpha value is -1.23. The molecule has 0 spiro atoms. The van der Waals surface area contributed by atoms with Gasteiger partial charge in [-0.25, -0.2) is 0 Å². The Bertz CT molecular complexity index is 385. The Labute approximate surface area is 118 Å². The largest absolute Gasteiger partial charge is 0.573 e. The summed E-state index contributed by atoms with van der Waals surface area (Å²) < 4.78 is 40.3. The molecule has 1 rings (SSSR count). The van der Waals surface area contributed by atoms with E-state index in [0.717, 1.165) is 24.9 Å². The van der Waals surface area contributed by atoms with Crippen LogP contribution in [0.15, 0.2) is 24.3 Å². The summed E-state index contributed by atoms with van der Waals surface area (Å²) in [5.74, 6) is 0.283. The fourth-order valence-electron chi connectivity index (χ4n) is 2.41. The first-order valence-corrected chi connectivity index (χ1v) is 7.00. The van der Waals surface area contributed by atoms with E-state index in [1.807, 2.05) is 6.92 Å². The molecular weight excluding hydrogens is 267 g/mol. The van der Waals surface area contributed by atoms with E-state index >= 15 is 0 Å². The van der Waals surface area contributed by atoms with Gasteiger partial charge in [-0.3, -0.25) is 0 Å². The molecule has 0 fully saturated rings. The standard InChI is InChI=1S/C15H22F3NO/c1-4-11(5-2)14(19-6-3)12-7-9-13(10-8-12)20-15(16,17)18/h7-11,14,19H,4-6H2,1-3H3. The Morgan fingerprint density at radius 3 is 2.00 bits per heavy atom. The van der Waals surface area contributed by atoms with Crippen molar-refractivity contribution in [2.45, 2.75) is 46.0 Å². The predicted octanol–water partition coefficient (Wildman–Crippen LogP) is 4.67. The molecule has 0 amide bonds. The Morgan fingerprint density at radius 2 is 1.60 bits per heavy atom. The molecule has 0 bridgehead atoms. The van der Waals surface area contributed by atoms with Gasteiger partial charge in [0.05, 0.1) is 0 Å². The average molecular weight is 289 g/mol. The first-order chi connectivity index (χ1) is 9.41. The van der Waals surface area contributed by atoms with Gasteiger partial charge in [0.25, 0.3) is 0 Å². The normalized spacial score (nSPS) is 13.6. The monoisotopic (exact) mass is 289 g/mol. The van der Waals surface area contributed by atoms with E-state index in [1.54, 1.807) is 12.1 Å². The zero-order chi connectivity index (χ0) is 15.2. The molecule has 2 nitrogen and oxygen atoms in total. The number of benzene rings is 1. The smallest absolute Gasteiger partial charge is 0.406 e. The van der Waals surface area contributed by atoms with Gasteiger partial charge in [-0.15, -0.1) is 13.2 Å². The van der Waals surface area contributed by atoms with Crippen LogP contribution in [0.4, 0.5) is 13.2 Å². The van der Waals surface area contributed by atoms with Crippen LogP contribution in [0.2, 0.25) is 0 Å². The molecule has 0 heterocycles. The third-order valence-electron chi connectivity index (χ3n) is 3.42. The molecule has 114 valence electrons. The second kappa shape index (κ2) is 7.53. The Balaban J connectivity index is 2.87. The van der Waals surface area contributed by atoms with Crippen molar-refractivity contribution in [3.63, 3.8) is 0 Å². The van der Waals surface area contributed by atoms with Gasteiger partial charge >= 0.3 is 6.36 Å². The number of hydrogen-bond acceptors (Lipinski definition) is 2. The number of hydrogen-bond donors (Lipinski definition) is 1. The first-order valence-electron chi connectivity index (χ1n) is 7.00. The van der Waals surface area contributed by atoms with E-state index in [4.69, 9.17) is 0 Å². The summed E-state index contributed by atoms with van der Waals surface area (Å²) in [7, 11) is 0. The predicted molar refractivity (Wildman–Crippen MR) is 73.6 cm³/mol. The van der Waals surface area contributed by atoms with Crippen molar-refractivity contribution in [1.29, 1.82) is 0 Å². The van der Waals surface area contributed by atoms with Crippen LogP contribution in [0, 0.1) is 5.92 Å². The van der Waals surface area contributed by atoms with Crippen LogP contribution in [0.1, 0.15) is 45.2 Å². The quantitative estimate of drug-likeness (QED) is 0.787. The topological polar surface area (TPSA) is 21.3 Å². The lowest BCUT2D eigenvalue weighted by Crippen LogP contribution is -2.27. The molecule has 1 N–H and O–H groups in total. The van der Waals surface area contributed by atoms with Crippen LogP contribution in [-0.4, -0.2) is 12.9 Å². The molecule has 5 heteroatoms. The number of ether oxygens (including phenoxy) is 1. The Morgan fingerprint density at radius 1 is 1.05 bits per heavy atom. The summed E-state index contributed by atoms with van der Waals surface area (Å²) in [6, 6.07) is 6.31. The van der Waals surface area contributed by atoms with E-state index < -0.39 is 6.36 Å². The molecule has 0 radical (unpaired) electrons. The minimum atomic E-state index is -4.64. The number of halogens is 3. The molecule has 1 atom stereocenters. The molecule has 1 unspecified atom stereocenters. The molecule has 1 aromatic rings. The van der Waals surface area contributed by atoms with Gasteiger partial charge in [-0.1, -0.05) is 45.7 Å². The summed E-state index contributed by atoms with van der Waals surface area (Å²) in [6.45, 7) is 7.10. The molecule has 0 saturated heterocycles. The van der Waals surface area contributed by atoms with Crippen molar-refractivity contribution in [2.75, 3.05) is 6.54 Å². The highest BCUT2D eigenvalue weighted by molar-refractivity contribution is 5.29. The second-order valence-corrected chi connectivity index (χ2v) is 4.73. The van der Waals surface area contributed by atoms with E-state index in [-0.39, 0.29) is 11.8 Å². The van der Waals surface area contributed by atoms with Crippen LogP contribution in [0.3, 0.4) is 0 Å². The zero-order valence-corrected chi connectivity index (χ0v) is 12.1. The van der Waals surface area contributed by atoms with Gasteiger partial charge < -0.3 is 10.1 Å². The van der Waals surface area contributed by atoms with Crippen LogP contribution in [0.25, 0.3) is 0 Å². The maximum atomic E-state index is 12.1. The van der Waals surface area contributed by atoms with Gasteiger partial charge in [-0.2, -0.15) is 0 Å². The van der Waals surface area contributed by atoms with E-state index in [2.05, 4.69) is 23.9 Å². The Kier molecular flexibility index (Phi) is 6.33. The average Bonchev–Trinajstić information content (AvgIpc) is 2.38. The third kappa shape index (κ3) is 5.04. The highest BCUT2D eigenvalue weighted by Gasteiger charge is 2.31. The van der Waals surface area contributed by atoms with Gasteiger partial charge in [0.1, 0.15) is 5.75 Å². The van der Waals surface area contributed by atoms with Crippen molar-refractivity contribution in [3.05, 3.63) is 29.8 Å². The molecule has 0 aromatic heterocycles. The van der Waals surface area contributed by atoms with Crippen LogP contribution >= 0.6 is 0 Å². The fourth-order valence-corrected chi connectivity index (χ4v) is 2.41. The third-order valence-corrected chi connectivity index (χ3v) is 3.42. The lowest BCUT2D eigenvalue weighted by Gasteiger charge is -2.26. The first kappa shape index (κ1) is 16.8. The van der Waals surface area contributed by atoms with Crippen molar-refractivity contribution < 1.29 is 17.9 Å². The molecule has 1 aromatic carbocycles. The summed E-state index contributed by atoms with van der Waals surface area (Å²) in [6.07, 6.45) is -2.60. The van der Waals surface area contributed by atoms with Crippen LogP contribution in [-0.2, 0) is 0 Å². The second-order valence-electron chi connectivity index (χ2n) is 4.73. The summed E-state index contributed by atoms with van der Waals surface area (Å²) >= 11 is 0. The summed E-state index contributed by atoms with van der Waals surface area (Å²) in [4.78, 5) is 0. The fraction of sp³-hybridized carbons (Fsp3) is 0.600. The summed E-state index contributed by atoms with van der Waals surface area (Å²) in [5.41, 5.74) is 0.995. The van der Waals surface area contributed by atoms with Crippen molar-refractivity contribution in [1.82, 2.24) is 5.32 Å². The van der Waals surface area contributed by atoms with E-state index in [1.165, 1.54) is 12.1 Å². The maximum Gasteiger partial charge on any atom is 0.573 e. The number of alkyl halides is 3. The lowest BCUT2D eigenvalue weighted by molar-refractivity contribution is -0.274. The minimum absolute atomic E-state index is 0.162. The van der Waals surface area contributed by atoms with Gasteiger partial charge in [-0.05, 0) is 30.2 Å². The number of nitrogens with one attached hydrogen (secondary N) is 1. The molecule has 0 saturated carbocycles. The van der Waals surface area contributed by atoms with Crippen molar-refractivity contribution in [3.8, 4) is 5.75 Å². The summed E-state index contributed by atoms with van der Waals surface area (Å²) in [5, 5.41) is 3.41. The van der Waals surface area contributed by atoms with Gasteiger partial charge in [0.2, 0.25) is 0 Å². The van der Waals surface area contributed by atoms with Gasteiger partial charge in [0.15, 0.2) is 0 Å². The van der Waals surface area contributed by atoms with Gasteiger partial charge in [0, 0.05) is 6.04 Å². The molecule has 0 aliphatic carbocycles. The van der Waals surface area contributed by atoms with Crippen LogP contribution < -0.4 is 10.1 Å². The minimum Gasteiger partial charge on any atom is -0.406 e. The molecule has 0 aliphatic rings. The highest BCUT2D eigenvalue weighted by atomic mass is 19.4. The highest BCUT2D eigenvalue weighted by Crippen LogP contribution is 2.30. The SMILES string of the molecule is CCNC(c1ccc(OC(F)(F)F)cc1)C(CC)CC. The van der Waals surface area contributed by atoms with Crippen molar-refractivity contribution in [2.24, 2.45) is 5.92 Å². The lowest BCUT2D eigenvalue weighted by atomic mass is 9.89. The maximum absolute atomic E-state index is 12.1. The molecular formula is C15H22F3NO. The van der Waals surface area contributed by atoms with E-state index in [0.29, 0.717) is 5.92 Å². The molecule has 0 aliphatic heterocycles. The van der Waals surface area contributed by atoms with Crippen molar-refractivity contribution >= 4 is 0 Å². The van der Waals surface area contributed by atoms with Crippen LogP contribution in [0.5, 0.6) is 5.75 Å². The number of rotatable bonds is 7. The zero-order valence-electron chi connectivity index (χ0n) is 12.1.